The van der Waals surface area contributed by atoms with E-state index in [-0.39, 0.29) is 0 Å². The average molecular weight is 208 g/mol. The molecule has 0 aliphatic rings. The zero-order valence-corrected chi connectivity index (χ0v) is 8.34. The van der Waals surface area contributed by atoms with E-state index in [4.69, 9.17) is 4.52 Å². The second-order valence-corrected chi connectivity index (χ2v) is 3.23. The van der Waals surface area contributed by atoms with Crippen molar-refractivity contribution in [3.8, 4) is 11.6 Å². The molecule has 2 aromatic heterocycles. The molecule has 0 fully saturated rings. The number of hydrogen-bond donors (Lipinski definition) is 2. The highest BCUT2D eigenvalue weighted by molar-refractivity contribution is 5.44. The zero-order chi connectivity index (χ0) is 10.7. The fourth-order valence-corrected chi connectivity index (χ4v) is 1.26. The highest BCUT2D eigenvalue weighted by Crippen LogP contribution is 2.19. The summed E-state index contributed by atoms with van der Waals surface area (Å²) in [7, 11) is 0. The van der Waals surface area contributed by atoms with Crippen LogP contribution in [0.15, 0.2) is 16.8 Å². The first-order valence-electron chi connectivity index (χ1n) is 4.82. The summed E-state index contributed by atoms with van der Waals surface area (Å²) < 4.78 is 4.98. The second kappa shape index (κ2) is 4.22. The summed E-state index contributed by atoms with van der Waals surface area (Å²) >= 11 is 0. The molecule has 1 unspecified atom stereocenters. The van der Waals surface area contributed by atoms with E-state index >= 15 is 0 Å². The third-order valence-electron chi connectivity index (χ3n) is 2.03. The van der Waals surface area contributed by atoms with Crippen molar-refractivity contribution in [1.29, 1.82) is 0 Å². The van der Waals surface area contributed by atoms with Gasteiger partial charge in [-0.05, 0) is 12.5 Å². The number of rotatable bonds is 4. The number of H-pyrrole nitrogens is 1. The maximum absolute atomic E-state index is 9.62. The molecule has 0 aromatic carbocycles. The van der Waals surface area contributed by atoms with Crippen LogP contribution in [0, 0.1) is 0 Å². The highest BCUT2D eigenvalue weighted by atomic mass is 16.5. The van der Waals surface area contributed by atoms with E-state index in [0.29, 0.717) is 23.8 Å². The Morgan fingerprint density at radius 3 is 3.13 bits per heavy atom. The summed E-state index contributed by atoms with van der Waals surface area (Å²) in [6.07, 6.45) is 2.44. The van der Waals surface area contributed by atoms with E-state index in [1.165, 1.54) is 0 Å². The average Bonchev–Trinajstić information content (AvgIpc) is 2.89. The molecular formula is C9H12N4O2. The third-order valence-corrected chi connectivity index (χ3v) is 2.03. The Morgan fingerprint density at radius 2 is 2.47 bits per heavy atom. The fourth-order valence-electron chi connectivity index (χ4n) is 1.26. The summed E-state index contributed by atoms with van der Waals surface area (Å²) in [6, 6.07) is 1.73. The molecular weight excluding hydrogens is 196 g/mol. The van der Waals surface area contributed by atoms with Crippen molar-refractivity contribution in [2.24, 2.45) is 0 Å². The van der Waals surface area contributed by atoms with E-state index in [1.807, 2.05) is 6.92 Å². The maximum atomic E-state index is 9.62. The van der Waals surface area contributed by atoms with Crippen molar-refractivity contribution in [3.05, 3.63) is 18.1 Å². The van der Waals surface area contributed by atoms with Crippen LogP contribution in [-0.4, -0.2) is 25.4 Å². The van der Waals surface area contributed by atoms with E-state index in [2.05, 4.69) is 20.3 Å². The Hall–Kier alpha value is -1.69. The van der Waals surface area contributed by atoms with Crippen molar-refractivity contribution in [1.82, 2.24) is 20.3 Å². The van der Waals surface area contributed by atoms with Gasteiger partial charge in [0.05, 0.1) is 0 Å². The molecule has 0 aliphatic heterocycles. The van der Waals surface area contributed by atoms with Gasteiger partial charge in [-0.2, -0.15) is 10.1 Å². The number of aliphatic hydroxyl groups excluding tert-OH is 1. The number of aromatic nitrogens is 4. The van der Waals surface area contributed by atoms with Gasteiger partial charge in [-0.25, -0.2) is 0 Å². The summed E-state index contributed by atoms with van der Waals surface area (Å²) in [5.74, 6) is 0.666. The topological polar surface area (TPSA) is 87.8 Å². The Kier molecular flexibility index (Phi) is 2.77. The van der Waals surface area contributed by atoms with Gasteiger partial charge in [0.25, 0.3) is 5.89 Å². The van der Waals surface area contributed by atoms with Crippen molar-refractivity contribution in [2.75, 3.05) is 0 Å². The van der Waals surface area contributed by atoms with Crippen LogP contribution in [-0.2, 0) is 0 Å². The molecule has 15 heavy (non-hydrogen) atoms. The van der Waals surface area contributed by atoms with Gasteiger partial charge in [-0.1, -0.05) is 18.5 Å². The van der Waals surface area contributed by atoms with Crippen LogP contribution in [0.4, 0.5) is 0 Å². The largest absolute Gasteiger partial charge is 0.385 e. The van der Waals surface area contributed by atoms with Crippen molar-refractivity contribution in [3.63, 3.8) is 0 Å². The minimum Gasteiger partial charge on any atom is -0.385 e. The van der Waals surface area contributed by atoms with Crippen molar-refractivity contribution in [2.45, 2.75) is 25.9 Å². The minimum absolute atomic E-state index is 0.321. The molecule has 6 nitrogen and oxygen atoms in total. The van der Waals surface area contributed by atoms with Crippen molar-refractivity contribution >= 4 is 0 Å². The lowest BCUT2D eigenvalue weighted by atomic mass is 10.2. The van der Waals surface area contributed by atoms with Crippen molar-refractivity contribution < 1.29 is 9.63 Å². The van der Waals surface area contributed by atoms with Gasteiger partial charge in [0.1, 0.15) is 11.8 Å². The lowest BCUT2D eigenvalue weighted by Gasteiger charge is -2.00. The standard InChI is InChI=1S/C9H12N4O2/c1-2-3-7(14)8-11-9(15-13-8)6-4-5-10-12-6/h4-5,7,14H,2-3H2,1H3,(H,10,12). The quantitative estimate of drug-likeness (QED) is 0.790. The molecule has 1 atom stereocenters. The van der Waals surface area contributed by atoms with E-state index in [0.717, 1.165) is 6.42 Å². The Balaban J connectivity index is 2.17. The lowest BCUT2D eigenvalue weighted by molar-refractivity contribution is 0.153. The summed E-state index contributed by atoms with van der Waals surface area (Å²) in [6.45, 7) is 1.99. The maximum Gasteiger partial charge on any atom is 0.276 e. The summed E-state index contributed by atoms with van der Waals surface area (Å²) in [4.78, 5) is 4.07. The predicted octanol–water partition coefficient (Wildman–Crippen LogP) is 1.29. The predicted molar refractivity (Wildman–Crippen MR) is 51.7 cm³/mol. The Bertz CT molecular complexity index is 409. The number of nitrogens with zero attached hydrogens (tertiary/aromatic N) is 3. The van der Waals surface area contributed by atoms with Gasteiger partial charge in [-0.15, -0.1) is 0 Å². The molecule has 0 amide bonds. The van der Waals surface area contributed by atoms with Crippen LogP contribution >= 0.6 is 0 Å². The molecule has 2 rings (SSSR count). The molecule has 2 heterocycles. The Labute approximate surface area is 86.3 Å². The Morgan fingerprint density at radius 1 is 1.60 bits per heavy atom. The molecule has 0 bridgehead atoms. The van der Waals surface area contributed by atoms with Gasteiger partial charge < -0.3 is 9.63 Å². The van der Waals surface area contributed by atoms with Crippen LogP contribution in [0.5, 0.6) is 0 Å². The molecule has 6 heteroatoms. The molecule has 0 radical (unpaired) electrons. The first-order valence-corrected chi connectivity index (χ1v) is 4.82. The van der Waals surface area contributed by atoms with Gasteiger partial charge >= 0.3 is 0 Å². The van der Waals surface area contributed by atoms with Gasteiger partial charge in [0.2, 0.25) is 5.82 Å². The number of hydrogen-bond acceptors (Lipinski definition) is 5. The van der Waals surface area contributed by atoms with Crippen LogP contribution in [0.2, 0.25) is 0 Å². The van der Waals surface area contributed by atoms with Gasteiger partial charge in [-0.3, -0.25) is 5.10 Å². The first kappa shape index (κ1) is 9.85. The molecule has 80 valence electrons. The van der Waals surface area contributed by atoms with Gasteiger partial charge in [0.15, 0.2) is 0 Å². The monoisotopic (exact) mass is 208 g/mol. The second-order valence-electron chi connectivity index (χ2n) is 3.23. The molecule has 2 aromatic rings. The van der Waals surface area contributed by atoms with E-state index in [9.17, 15) is 5.11 Å². The van der Waals surface area contributed by atoms with Crippen LogP contribution in [0.1, 0.15) is 31.7 Å². The SMILES string of the molecule is CCCC(O)c1noc(-c2ccn[nH]2)n1. The molecule has 2 N–H and O–H groups in total. The molecule has 0 saturated carbocycles. The molecule has 0 saturated heterocycles. The van der Waals surface area contributed by atoms with Crippen LogP contribution < -0.4 is 0 Å². The number of aromatic amines is 1. The van der Waals surface area contributed by atoms with Crippen LogP contribution in [0.25, 0.3) is 11.6 Å². The van der Waals surface area contributed by atoms with Crippen LogP contribution in [0.3, 0.4) is 0 Å². The zero-order valence-electron chi connectivity index (χ0n) is 8.34. The normalized spacial score (nSPS) is 12.9. The molecule has 0 spiro atoms. The minimum atomic E-state index is -0.657. The summed E-state index contributed by atoms with van der Waals surface area (Å²) in [5.41, 5.74) is 0.650. The number of nitrogens with one attached hydrogen (secondary N) is 1. The van der Waals surface area contributed by atoms with E-state index < -0.39 is 6.10 Å². The summed E-state index contributed by atoms with van der Waals surface area (Å²) in [5, 5.41) is 19.8. The number of aliphatic hydroxyl groups is 1. The van der Waals surface area contributed by atoms with Gasteiger partial charge in [0, 0.05) is 6.20 Å². The third kappa shape index (κ3) is 2.04. The first-order chi connectivity index (χ1) is 7.31. The lowest BCUT2D eigenvalue weighted by Crippen LogP contribution is -1.98. The van der Waals surface area contributed by atoms with E-state index in [1.54, 1.807) is 12.3 Å². The highest BCUT2D eigenvalue weighted by Gasteiger charge is 2.15. The fraction of sp³-hybridized carbons (Fsp3) is 0.444. The molecule has 0 aliphatic carbocycles. The smallest absolute Gasteiger partial charge is 0.276 e.